The summed E-state index contributed by atoms with van der Waals surface area (Å²) in [6.45, 7) is 2.95. The van der Waals surface area contributed by atoms with Crippen LogP contribution >= 0.6 is 11.3 Å². The summed E-state index contributed by atoms with van der Waals surface area (Å²) >= 11 is 1.27. The van der Waals surface area contributed by atoms with Gasteiger partial charge in [0.15, 0.2) is 10.8 Å². The maximum Gasteiger partial charge on any atom is 0.273 e. The van der Waals surface area contributed by atoms with Crippen LogP contribution < -0.4 is 15.8 Å². The number of hydrogen-bond donors (Lipinski definition) is 1. The Balaban J connectivity index is 1.23. The molecule has 1 aromatic carbocycles. The van der Waals surface area contributed by atoms with Crippen molar-refractivity contribution in [3.05, 3.63) is 46.8 Å². The van der Waals surface area contributed by atoms with E-state index in [-0.39, 0.29) is 23.9 Å². The third-order valence-corrected chi connectivity index (χ3v) is 7.69. The molecule has 5 rings (SSSR count). The third-order valence-electron chi connectivity index (χ3n) is 6.60. The van der Waals surface area contributed by atoms with Crippen molar-refractivity contribution in [3.63, 3.8) is 0 Å². The Kier molecular flexibility index (Phi) is 6.76. The van der Waals surface area contributed by atoms with Gasteiger partial charge in [-0.1, -0.05) is 11.3 Å². The summed E-state index contributed by atoms with van der Waals surface area (Å²) in [5.41, 5.74) is 0.473. The first kappa shape index (κ1) is 23.4. The second kappa shape index (κ2) is 10.1. The van der Waals surface area contributed by atoms with Crippen LogP contribution in [0.3, 0.4) is 0 Å². The monoisotopic (exact) mass is 498 g/mol. The zero-order valence-corrected chi connectivity index (χ0v) is 20.1. The lowest BCUT2D eigenvalue weighted by Crippen LogP contribution is -2.44. The van der Waals surface area contributed by atoms with Crippen LogP contribution in [0.5, 0.6) is 0 Å². The van der Waals surface area contributed by atoms with Crippen molar-refractivity contribution < 1.29 is 14.0 Å². The van der Waals surface area contributed by atoms with Crippen molar-refractivity contribution in [1.82, 2.24) is 19.4 Å². The minimum absolute atomic E-state index is 0.0497. The predicted molar refractivity (Wildman–Crippen MR) is 132 cm³/mol. The van der Waals surface area contributed by atoms with Crippen LogP contribution in [0, 0.1) is 11.7 Å². The highest BCUT2D eigenvalue weighted by Gasteiger charge is 2.30. The summed E-state index contributed by atoms with van der Waals surface area (Å²) < 4.78 is 14.7. The van der Waals surface area contributed by atoms with Crippen LogP contribution in [0.1, 0.15) is 32.1 Å². The van der Waals surface area contributed by atoms with E-state index in [9.17, 15) is 18.8 Å². The van der Waals surface area contributed by atoms with E-state index in [1.54, 1.807) is 0 Å². The Morgan fingerprint density at radius 2 is 1.77 bits per heavy atom. The molecule has 0 aliphatic carbocycles. The molecular weight excluding hydrogens is 471 g/mol. The van der Waals surface area contributed by atoms with Gasteiger partial charge in [-0.2, -0.15) is 4.98 Å². The number of halogens is 1. The van der Waals surface area contributed by atoms with Gasteiger partial charge in [0.25, 0.3) is 5.56 Å². The van der Waals surface area contributed by atoms with Gasteiger partial charge in [0.1, 0.15) is 23.4 Å². The molecule has 0 saturated carbocycles. The first-order valence-electron chi connectivity index (χ1n) is 11.9. The van der Waals surface area contributed by atoms with Crippen LogP contribution in [0.25, 0.3) is 10.3 Å². The molecule has 184 valence electrons. The van der Waals surface area contributed by atoms with E-state index >= 15 is 0 Å². The predicted octanol–water partition coefficient (Wildman–Crippen LogP) is 2.86. The molecule has 0 radical (unpaired) electrons. The topological polar surface area (TPSA) is 100 Å². The highest BCUT2D eigenvalue weighted by Crippen LogP contribution is 2.30. The number of nitrogens with one attached hydrogen (secondary N) is 1. The lowest BCUT2D eigenvalue weighted by molar-refractivity contribution is -0.137. The number of nitrogens with zero attached hydrogens (tertiary/aromatic N) is 5. The average Bonchev–Trinajstić information content (AvgIpc) is 3.33. The molecule has 3 aromatic rings. The molecule has 2 amide bonds. The number of fused-ring (bicyclic) bond motifs is 1. The highest BCUT2D eigenvalue weighted by molar-refractivity contribution is 7.22. The van der Waals surface area contributed by atoms with Crippen LogP contribution in [0.4, 0.5) is 15.2 Å². The van der Waals surface area contributed by atoms with Crippen molar-refractivity contribution in [1.29, 1.82) is 0 Å². The molecule has 2 aliphatic rings. The van der Waals surface area contributed by atoms with Gasteiger partial charge in [-0.25, -0.2) is 9.37 Å². The van der Waals surface area contributed by atoms with Crippen molar-refractivity contribution in [2.45, 2.75) is 38.6 Å². The van der Waals surface area contributed by atoms with Crippen LogP contribution in [0.15, 0.2) is 35.4 Å². The summed E-state index contributed by atoms with van der Waals surface area (Å²) in [5.74, 6) is -0.483. The number of rotatable bonds is 5. The van der Waals surface area contributed by atoms with E-state index in [0.29, 0.717) is 34.3 Å². The fraction of sp³-hybridized carbons (Fsp3) is 0.458. The van der Waals surface area contributed by atoms with E-state index in [1.807, 2.05) is 4.90 Å². The second-order valence-electron chi connectivity index (χ2n) is 9.03. The van der Waals surface area contributed by atoms with Gasteiger partial charge >= 0.3 is 0 Å². The molecule has 0 spiro atoms. The second-order valence-corrected chi connectivity index (χ2v) is 10.0. The molecule has 0 atom stereocenters. The normalized spacial score (nSPS) is 17.1. The minimum Gasteiger partial charge on any atom is -0.348 e. The number of thiazole rings is 1. The zero-order chi connectivity index (χ0) is 24.4. The number of benzene rings is 1. The Labute approximate surface area is 205 Å². The van der Waals surface area contributed by atoms with E-state index in [4.69, 9.17) is 0 Å². The Bertz CT molecular complexity index is 1280. The lowest BCUT2D eigenvalue weighted by Gasteiger charge is -2.35. The molecule has 0 bridgehead atoms. The lowest BCUT2D eigenvalue weighted by atomic mass is 9.94. The van der Waals surface area contributed by atoms with Crippen LogP contribution in [-0.2, 0) is 16.1 Å². The number of aromatic nitrogens is 3. The average molecular weight is 499 g/mol. The first-order valence-corrected chi connectivity index (χ1v) is 12.7. The van der Waals surface area contributed by atoms with Crippen molar-refractivity contribution in [3.8, 4) is 0 Å². The van der Waals surface area contributed by atoms with Gasteiger partial charge in [-0.3, -0.25) is 19.0 Å². The zero-order valence-electron chi connectivity index (χ0n) is 19.3. The molecule has 35 heavy (non-hydrogen) atoms. The summed E-state index contributed by atoms with van der Waals surface area (Å²) in [7, 11) is 0. The summed E-state index contributed by atoms with van der Waals surface area (Å²) in [4.78, 5) is 51.1. The number of anilines is 2. The molecule has 4 heterocycles. The number of piperidine rings is 2. The van der Waals surface area contributed by atoms with Crippen molar-refractivity contribution in [2.24, 2.45) is 5.92 Å². The molecule has 9 nitrogen and oxygen atoms in total. The van der Waals surface area contributed by atoms with E-state index in [2.05, 4.69) is 20.2 Å². The van der Waals surface area contributed by atoms with Crippen molar-refractivity contribution >= 4 is 44.3 Å². The summed E-state index contributed by atoms with van der Waals surface area (Å²) in [6, 6.07) is 5.41. The molecule has 1 N–H and O–H groups in total. The van der Waals surface area contributed by atoms with E-state index < -0.39 is 11.7 Å². The van der Waals surface area contributed by atoms with Crippen LogP contribution in [-0.4, -0.2) is 57.4 Å². The third kappa shape index (κ3) is 5.19. The molecule has 2 fully saturated rings. The molecule has 2 saturated heterocycles. The minimum atomic E-state index is -0.412. The number of carbonyl (C=O) groups is 2. The Hall–Kier alpha value is -3.34. The maximum atomic E-state index is 13.0. The quantitative estimate of drug-likeness (QED) is 0.581. The number of carbonyl (C=O) groups excluding carboxylic acids is 2. The molecule has 2 aromatic heterocycles. The Morgan fingerprint density at radius 3 is 2.49 bits per heavy atom. The van der Waals surface area contributed by atoms with E-state index in [0.717, 1.165) is 38.8 Å². The molecular formula is C24H27FN6O3S. The van der Waals surface area contributed by atoms with Gasteiger partial charge in [0, 0.05) is 37.8 Å². The van der Waals surface area contributed by atoms with Gasteiger partial charge in [-0.05, 0) is 56.4 Å². The van der Waals surface area contributed by atoms with Gasteiger partial charge in [-0.15, -0.1) is 0 Å². The summed E-state index contributed by atoms with van der Waals surface area (Å²) in [5, 5.41) is 3.35. The van der Waals surface area contributed by atoms with Crippen LogP contribution in [0.2, 0.25) is 0 Å². The molecule has 2 aliphatic heterocycles. The molecule has 0 unspecified atom stereocenters. The van der Waals surface area contributed by atoms with Crippen molar-refractivity contribution in [2.75, 3.05) is 36.4 Å². The number of amides is 2. The summed E-state index contributed by atoms with van der Waals surface area (Å²) in [6.07, 6.45) is 6.25. The maximum absolute atomic E-state index is 13.0. The largest absolute Gasteiger partial charge is 0.348 e. The van der Waals surface area contributed by atoms with Gasteiger partial charge in [0.2, 0.25) is 11.8 Å². The van der Waals surface area contributed by atoms with E-state index in [1.165, 1.54) is 52.9 Å². The van der Waals surface area contributed by atoms with Gasteiger partial charge < -0.3 is 15.1 Å². The highest BCUT2D eigenvalue weighted by atomic mass is 32.1. The number of likely N-dealkylation sites (tertiary alicyclic amines) is 1. The van der Waals surface area contributed by atoms with Gasteiger partial charge in [0.05, 0.1) is 0 Å². The fourth-order valence-corrected chi connectivity index (χ4v) is 5.68. The molecule has 11 heteroatoms. The SMILES string of the molecule is O=C(Cn1cnc2nc(N3CCC(C(=O)N4CCCCC4)CC3)sc2c1=O)Nc1ccc(F)cc1. The Morgan fingerprint density at radius 1 is 1.06 bits per heavy atom. The standard InChI is InChI=1S/C24H27FN6O3S/c25-17-4-6-18(7-5-17)27-19(32)14-31-15-26-21-20(23(31)34)35-24(28-21)30-12-8-16(9-13-30)22(33)29-10-2-1-3-11-29/h4-7,15-16H,1-3,8-14H2,(H,27,32). The number of hydrogen-bond acceptors (Lipinski definition) is 7. The first-order chi connectivity index (χ1) is 17.0. The fourth-order valence-electron chi connectivity index (χ4n) is 4.66. The smallest absolute Gasteiger partial charge is 0.273 e.